The smallest absolute Gasteiger partial charge is 0.395 e. The highest BCUT2D eigenvalue weighted by Gasteiger charge is 2.43. The molecule has 2 aliphatic heterocycles. The molecular formula is C21H17F2N3O3S. The standard InChI is InChI=1S/C21H17F2N3O3S/c1-13-11-26(16-6-7-17-18(10-16)29-21(22,23)28-17)20(30-13)24-19(27)25-9-8-14-4-2-3-5-15(14)12-25/h2-7,10-11H,8-9,12H2,1H3/b24-20-. The van der Waals surface area contributed by atoms with Crippen molar-refractivity contribution in [2.75, 3.05) is 6.54 Å². The first kappa shape index (κ1) is 18.8. The maximum absolute atomic E-state index is 13.3. The molecule has 0 spiro atoms. The van der Waals surface area contributed by atoms with Gasteiger partial charge in [0.25, 0.3) is 0 Å². The maximum Gasteiger partial charge on any atom is 0.586 e. The Bertz CT molecular complexity index is 1220. The average Bonchev–Trinajstić information content (AvgIpc) is 3.24. The molecule has 1 aromatic heterocycles. The summed E-state index contributed by atoms with van der Waals surface area (Å²) in [6.45, 7) is 3.01. The van der Waals surface area contributed by atoms with Crippen molar-refractivity contribution >= 4 is 17.4 Å². The van der Waals surface area contributed by atoms with E-state index in [4.69, 9.17) is 0 Å². The van der Waals surface area contributed by atoms with Gasteiger partial charge in [-0.1, -0.05) is 24.3 Å². The van der Waals surface area contributed by atoms with Gasteiger partial charge < -0.3 is 14.4 Å². The average molecular weight is 429 g/mol. The predicted octanol–water partition coefficient (Wildman–Crippen LogP) is 4.25. The van der Waals surface area contributed by atoms with Crippen LogP contribution in [0.25, 0.3) is 5.69 Å². The van der Waals surface area contributed by atoms with Gasteiger partial charge in [0, 0.05) is 30.2 Å². The van der Waals surface area contributed by atoms with Gasteiger partial charge in [-0.3, -0.25) is 4.57 Å². The summed E-state index contributed by atoms with van der Waals surface area (Å²) >= 11 is 1.35. The third-order valence-electron chi connectivity index (χ3n) is 5.02. The van der Waals surface area contributed by atoms with Gasteiger partial charge in [0.05, 0.1) is 5.69 Å². The molecule has 0 saturated heterocycles. The van der Waals surface area contributed by atoms with Gasteiger partial charge in [0.1, 0.15) is 0 Å². The Labute approximate surface area is 174 Å². The van der Waals surface area contributed by atoms with Crippen LogP contribution in [-0.2, 0) is 13.0 Å². The Balaban J connectivity index is 1.46. The quantitative estimate of drug-likeness (QED) is 0.581. The molecule has 3 aromatic rings. The van der Waals surface area contributed by atoms with Crippen molar-refractivity contribution in [1.29, 1.82) is 0 Å². The summed E-state index contributed by atoms with van der Waals surface area (Å²) in [5.74, 6) is -0.0865. The number of hydrogen-bond donors (Lipinski definition) is 0. The van der Waals surface area contributed by atoms with Crippen molar-refractivity contribution in [3.63, 3.8) is 0 Å². The van der Waals surface area contributed by atoms with Crippen LogP contribution in [0.2, 0.25) is 0 Å². The van der Waals surface area contributed by atoms with Crippen molar-refractivity contribution < 1.29 is 23.0 Å². The lowest BCUT2D eigenvalue weighted by Gasteiger charge is -2.27. The number of ether oxygens (including phenoxy) is 2. The minimum Gasteiger partial charge on any atom is -0.395 e. The number of aromatic nitrogens is 1. The molecule has 2 aliphatic rings. The molecule has 0 N–H and O–H groups in total. The topological polar surface area (TPSA) is 56.1 Å². The van der Waals surface area contributed by atoms with Crippen LogP contribution in [0.1, 0.15) is 16.0 Å². The van der Waals surface area contributed by atoms with E-state index in [9.17, 15) is 13.6 Å². The largest absolute Gasteiger partial charge is 0.586 e. The van der Waals surface area contributed by atoms with E-state index in [0.29, 0.717) is 23.6 Å². The molecule has 0 aliphatic carbocycles. The zero-order valence-electron chi connectivity index (χ0n) is 16.0. The Morgan fingerprint density at radius 1 is 1.13 bits per heavy atom. The molecule has 3 heterocycles. The summed E-state index contributed by atoms with van der Waals surface area (Å²) in [4.78, 5) is 20.3. The minimum absolute atomic E-state index is 0.0298. The predicted molar refractivity (Wildman–Crippen MR) is 106 cm³/mol. The van der Waals surface area contributed by atoms with Crippen LogP contribution < -0.4 is 14.3 Å². The molecule has 2 aromatic carbocycles. The Hall–Kier alpha value is -3.20. The lowest BCUT2D eigenvalue weighted by atomic mass is 10.0. The van der Waals surface area contributed by atoms with E-state index in [1.165, 1.54) is 29.0 Å². The van der Waals surface area contributed by atoms with Crippen LogP contribution in [0.3, 0.4) is 0 Å². The zero-order valence-corrected chi connectivity index (χ0v) is 16.8. The summed E-state index contributed by atoms with van der Waals surface area (Å²) in [6, 6.07) is 12.2. The van der Waals surface area contributed by atoms with E-state index in [1.54, 1.807) is 21.7 Å². The monoisotopic (exact) mass is 429 g/mol. The Morgan fingerprint density at radius 3 is 2.73 bits per heavy atom. The van der Waals surface area contributed by atoms with Crippen LogP contribution in [0, 0.1) is 6.92 Å². The fourth-order valence-corrected chi connectivity index (χ4v) is 4.44. The first-order valence-corrected chi connectivity index (χ1v) is 10.2. The van der Waals surface area contributed by atoms with E-state index in [-0.39, 0.29) is 17.5 Å². The van der Waals surface area contributed by atoms with Gasteiger partial charge in [-0.05, 0) is 36.6 Å². The molecule has 0 radical (unpaired) electrons. The number of alkyl halides is 2. The fourth-order valence-electron chi connectivity index (χ4n) is 3.62. The summed E-state index contributed by atoms with van der Waals surface area (Å²) in [5, 5.41) is 0. The third kappa shape index (κ3) is 3.45. The van der Waals surface area contributed by atoms with E-state index in [2.05, 4.69) is 20.5 Å². The number of carbonyl (C=O) groups is 1. The number of amides is 2. The highest BCUT2D eigenvalue weighted by molar-refractivity contribution is 7.09. The molecule has 0 unspecified atom stereocenters. The molecule has 6 nitrogen and oxygen atoms in total. The number of nitrogens with zero attached hydrogens (tertiary/aromatic N) is 3. The van der Waals surface area contributed by atoms with Crippen LogP contribution in [0.15, 0.2) is 53.7 Å². The molecule has 2 amide bonds. The van der Waals surface area contributed by atoms with Crippen molar-refractivity contribution in [3.05, 3.63) is 69.5 Å². The van der Waals surface area contributed by atoms with Crippen LogP contribution >= 0.6 is 11.3 Å². The third-order valence-corrected chi connectivity index (χ3v) is 5.92. The van der Waals surface area contributed by atoms with Gasteiger partial charge in [0.2, 0.25) is 0 Å². The highest BCUT2D eigenvalue weighted by atomic mass is 32.1. The normalized spacial score (nSPS) is 17.2. The van der Waals surface area contributed by atoms with Crippen molar-refractivity contribution in [2.24, 2.45) is 4.99 Å². The minimum atomic E-state index is -3.68. The summed E-state index contributed by atoms with van der Waals surface area (Å²) in [5.41, 5.74) is 2.93. The number of fused-ring (bicyclic) bond motifs is 2. The summed E-state index contributed by atoms with van der Waals surface area (Å²) in [6.07, 6.45) is -1.08. The first-order valence-electron chi connectivity index (χ1n) is 9.38. The summed E-state index contributed by atoms with van der Waals surface area (Å²) in [7, 11) is 0. The van der Waals surface area contributed by atoms with Gasteiger partial charge in [-0.15, -0.1) is 20.1 Å². The number of carbonyl (C=O) groups excluding carboxylic acids is 1. The second-order valence-electron chi connectivity index (χ2n) is 7.13. The molecule has 5 rings (SSSR count). The number of halogens is 2. The van der Waals surface area contributed by atoms with Gasteiger partial charge in [-0.25, -0.2) is 4.79 Å². The lowest BCUT2D eigenvalue weighted by Crippen LogP contribution is -2.35. The van der Waals surface area contributed by atoms with E-state index < -0.39 is 6.29 Å². The van der Waals surface area contributed by atoms with E-state index in [0.717, 1.165) is 16.9 Å². The molecule has 30 heavy (non-hydrogen) atoms. The summed E-state index contributed by atoms with van der Waals surface area (Å²) < 4.78 is 37.3. The zero-order chi connectivity index (χ0) is 20.9. The molecular weight excluding hydrogens is 412 g/mol. The van der Waals surface area contributed by atoms with Crippen LogP contribution in [0.4, 0.5) is 13.6 Å². The molecule has 0 atom stereocenters. The number of aryl methyl sites for hydroxylation is 1. The van der Waals surface area contributed by atoms with E-state index >= 15 is 0 Å². The van der Waals surface area contributed by atoms with Crippen LogP contribution in [-0.4, -0.2) is 28.3 Å². The number of hydrogen-bond acceptors (Lipinski definition) is 4. The molecule has 0 bridgehead atoms. The maximum atomic E-state index is 13.3. The first-order chi connectivity index (χ1) is 14.4. The second kappa shape index (κ2) is 6.94. The van der Waals surface area contributed by atoms with Crippen LogP contribution in [0.5, 0.6) is 11.5 Å². The van der Waals surface area contributed by atoms with Gasteiger partial charge in [-0.2, -0.15) is 4.99 Å². The Morgan fingerprint density at radius 2 is 1.90 bits per heavy atom. The van der Waals surface area contributed by atoms with Crippen molar-refractivity contribution in [1.82, 2.24) is 9.47 Å². The van der Waals surface area contributed by atoms with Gasteiger partial charge in [0.15, 0.2) is 16.3 Å². The molecule has 0 saturated carbocycles. The number of benzene rings is 2. The van der Waals surface area contributed by atoms with Crippen molar-refractivity contribution in [3.8, 4) is 17.2 Å². The highest BCUT2D eigenvalue weighted by Crippen LogP contribution is 2.41. The number of urea groups is 1. The molecule has 0 fully saturated rings. The SMILES string of the molecule is Cc1cn(-c2ccc3c(c2)OC(F)(F)O3)/c(=N/C(=O)N2CCc3ccccc3C2)s1. The van der Waals surface area contributed by atoms with Crippen molar-refractivity contribution in [2.45, 2.75) is 26.2 Å². The molecule has 9 heteroatoms. The van der Waals surface area contributed by atoms with E-state index in [1.807, 2.05) is 25.1 Å². The molecule has 154 valence electrons. The fraction of sp³-hybridized carbons (Fsp3) is 0.238. The lowest BCUT2D eigenvalue weighted by molar-refractivity contribution is -0.286. The Kier molecular flexibility index (Phi) is 4.35. The van der Waals surface area contributed by atoms with Gasteiger partial charge >= 0.3 is 12.3 Å². The second-order valence-corrected chi connectivity index (χ2v) is 8.34. The number of thiazole rings is 1. The number of rotatable bonds is 1.